The second kappa shape index (κ2) is 6.78. The van der Waals surface area contributed by atoms with Gasteiger partial charge in [0.25, 0.3) is 5.91 Å². The molecule has 2 aromatic heterocycles. The Labute approximate surface area is 162 Å². The van der Waals surface area contributed by atoms with Crippen molar-refractivity contribution in [3.05, 3.63) is 53.9 Å². The van der Waals surface area contributed by atoms with Gasteiger partial charge in [-0.25, -0.2) is 14.3 Å². The Bertz CT molecular complexity index is 994. The summed E-state index contributed by atoms with van der Waals surface area (Å²) in [6, 6.07) is 7.60. The SMILES string of the molecule is COc1ccccc1-n1cc(C(=O)N2CCc3nc(C4CC4)nn3CC2)cn1. The lowest BCUT2D eigenvalue weighted by Gasteiger charge is -2.18. The van der Waals surface area contributed by atoms with Gasteiger partial charge in [0.2, 0.25) is 0 Å². The van der Waals surface area contributed by atoms with Gasteiger partial charge >= 0.3 is 0 Å². The Morgan fingerprint density at radius 2 is 2.04 bits per heavy atom. The summed E-state index contributed by atoms with van der Waals surface area (Å²) in [6.45, 7) is 1.95. The topological polar surface area (TPSA) is 78.1 Å². The van der Waals surface area contributed by atoms with Crippen LogP contribution < -0.4 is 4.74 Å². The van der Waals surface area contributed by atoms with Crippen molar-refractivity contribution < 1.29 is 9.53 Å². The Morgan fingerprint density at radius 3 is 2.86 bits per heavy atom. The van der Waals surface area contributed by atoms with Crippen molar-refractivity contribution in [2.45, 2.75) is 31.7 Å². The first-order valence-electron chi connectivity index (χ1n) is 9.64. The number of benzene rings is 1. The van der Waals surface area contributed by atoms with Crippen LogP contribution in [0.3, 0.4) is 0 Å². The summed E-state index contributed by atoms with van der Waals surface area (Å²) >= 11 is 0. The van der Waals surface area contributed by atoms with Gasteiger partial charge < -0.3 is 9.64 Å². The van der Waals surface area contributed by atoms with E-state index in [2.05, 4.69) is 15.2 Å². The minimum atomic E-state index is -0.0192. The molecule has 144 valence electrons. The molecule has 1 fully saturated rings. The predicted octanol–water partition coefficient (Wildman–Crippen LogP) is 2.05. The maximum absolute atomic E-state index is 13.0. The number of para-hydroxylation sites is 2. The van der Waals surface area contributed by atoms with Gasteiger partial charge in [0, 0.05) is 31.6 Å². The summed E-state index contributed by atoms with van der Waals surface area (Å²) in [5, 5.41) is 9.00. The number of nitrogens with zero attached hydrogens (tertiary/aromatic N) is 6. The van der Waals surface area contributed by atoms with Crippen molar-refractivity contribution >= 4 is 5.91 Å². The maximum Gasteiger partial charge on any atom is 0.257 e. The molecule has 1 aromatic carbocycles. The summed E-state index contributed by atoms with van der Waals surface area (Å²) in [6.07, 6.45) is 6.50. The number of carbonyl (C=O) groups is 1. The molecule has 0 spiro atoms. The molecule has 0 N–H and O–H groups in total. The third kappa shape index (κ3) is 3.04. The fourth-order valence-corrected chi connectivity index (χ4v) is 3.60. The van der Waals surface area contributed by atoms with Crippen LogP contribution in [0.5, 0.6) is 5.75 Å². The van der Waals surface area contributed by atoms with Gasteiger partial charge in [-0.3, -0.25) is 4.79 Å². The van der Waals surface area contributed by atoms with E-state index in [9.17, 15) is 4.79 Å². The summed E-state index contributed by atoms with van der Waals surface area (Å²) in [5.41, 5.74) is 1.37. The maximum atomic E-state index is 13.0. The summed E-state index contributed by atoms with van der Waals surface area (Å²) in [5.74, 6) is 3.21. The number of rotatable bonds is 4. The first kappa shape index (κ1) is 17.0. The Kier molecular flexibility index (Phi) is 4.11. The van der Waals surface area contributed by atoms with E-state index in [-0.39, 0.29) is 5.91 Å². The average Bonchev–Trinajstić information content (AvgIpc) is 3.38. The van der Waals surface area contributed by atoms with Gasteiger partial charge in [-0.05, 0) is 25.0 Å². The number of methoxy groups -OCH3 is 1. The molecule has 0 saturated heterocycles. The van der Waals surface area contributed by atoms with Gasteiger partial charge in [-0.15, -0.1) is 0 Å². The van der Waals surface area contributed by atoms with E-state index in [1.54, 1.807) is 24.2 Å². The number of hydrogen-bond acceptors (Lipinski definition) is 5. The molecule has 3 heterocycles. The summed E-state index contributed by atoms with van der Waals surface area (Å²) in [7, 11) is 1.62. The first-order valence-corrected chi connectivity index (χ1v) is 9.64. The van der Waals surface area contributed by atoms with Crippen molar-refractivity contribution in [3.8, 4) is 11.4 Å². The van der Waals surface area contributed by atoms with Crippen molar-refractivity contribution in [3.63, 3.8) is 0 Å². The highest BCUT2D eigenvalue weighted by atomic mass is 16.5. The fraction of sp³-hybridized carbons (Fsp3) is 0.400. The van der Waals surface area contributed by atoms with Crippen LogP contribution in [0.2, 0.25) is 0 Å². The largest absolute Gasteiger partial charge is 0.494 e. The summed E-state index contributed by atoms with van der Waals surface area (Å²) in [4.78, 5) is 19.5. The van der Waals surface area contributed by atoms with E-state index in [4.69, 9.17) is 4.74 Å². The highest BCUT2D eigenvalue weighted by molar-refractivity contribution is 5.93. The van der Waals surface area contributed by atoms with Crippen LogP contribution in [0.15, 0.2) is 36.7 Å². The first-order chi connectivity index (χ1) is 13.7. The van der Waals surface area contributed by atoms with Gasteiger partial charge in [0.05, 0.1) is 25.4 Å². The third-order valence-electron chi connectivity index (χ3n) is 5.34. The normalized spacial score (nSPS) is 16.5. The molecule has 1 saturated carbocycles. The van der Waals surface area contributed by atoms with E-state index < -0.39 is 0 Å². The monoisotopic (exact) mass is 378 g/mol. The highest BCUT2D eigenvalue weighted by Crippen LogP contribution is 2.38. The molecule has 3 aromatic rings. The number of aromatic nitrogens is 5. The number of ether oxygens (including phenoxy) is 1. The third-order valence-corrected chi connectivity index (χ3v) is 5.34. The molecular formula is C20H22N6O2. The average molecular weight is 378 g/mol. The molecule has 1 aliphatic carbocycles. The number of carbonyl (C=O) groups excluding carboxylic acids is 1. The summed E-state index contributed by atoms with van der Waals surface area (Å²) < 4.78 is 9.04. The lowest BCUT2D eigenvalue weighted by molar-refractivity contribution is 0.0758. The van der Waals surface area contributed by atoms with Crippen molar-refractivity contribution in [2.75, 3.05) is 20.2 Å². The smallest absolute Gasteiger partial charge is 0.257 e. The van der Waals surface area contributed by atoms with Crippen LogP contribution >= 0.6 is 0 Å². The number of fused-ring (bicyclic) bond motifs is 1. The number of amides is 1. The molecule has 0 atom stereocenters. The molecule has 5 rings (SSSR count). The second-order valence-corrected chi connectivity index (χ2v) is 7.27. The lowest BCUT2D eigenvalue weighted by Crippen LogP contribution is -2.33. The molecular weight excluding hydrogens is 356 g/mol. The van der Waals surface area contributed by atoms with E-state index in [0.29, 0.717) is 36.9 Å². The van der Waals surface area contributed by atoms with Crippen LogP contribution in [-0.2, 0) is 13.0 Å². The standard InChI is InChI=1S/C20H22N6O2/c1-28-17-5-3-2-4-16(17)26-13-15(12-21-26)20(27)24-9-8-18-22-19(14-6-7-14)23-25(18)11-10-24/h2-5,12-14H,6-11H2,1H3. The Morgan fingerprint density at radius 1 is 1.18 bits per heavy atom. The lowest BCUT2D eigenvalue weighted by atomic mass is 10.2. The van der Waals surface area contributed by atoms with E-state index in [1.165, 1.54) is 12.8 Å². The van der Waals surface area contributed by atoms with Gasteiger partial charge in [-0.2, -0.15) is 10.2 Å². The number of hydrogen-bond donors (Lipinski definition) is 0. The van der Waals surface area contributed by atoms with Crippen LogP contribution in [0.4, 0.5) is 0 Å². The molecule has 8 nitrogen and oxygen atoms in total. The second-order valence-electron chi connectivity index (χ2n) is 7.27. The van der Waals surface area contributed by atoms with E-state index in [0.717, 1.165) is 23.8 Å². The van der Waals surface area contributed by atoms with Gasteiger partial charge in [-0.1, -0.05) is 12.1 Å². The van der Waals surface area contributed by atoms with E-state index >= 15 is 0 Å². The van der Waals surface area contributed by atoms with Crippen LogP contribution in [0.1, 0.15) is 40.8 Å². The molecule has 1 amide bonds. The van der Waals surface area contributed by atoms with E-state index in [1.807, 2.05) is 33.8 Å². The molecule has 1 aliphatic heterocycles. The Hall–Kier alpha value is -3.16. The molecule has 28 heavy (non-hydrogen) atoms. The molecule has 8 heteroatoms. The minimum Gasteiger partial charge on any atom is -0.494 e. The zero-order chi connectivity index (χ0) is 19.1. The van der Waals surface area contributed by atoms with Crippen LogP contribution in [0, 0.1) is 0 Å². The molecule has 0 unspecified atom stereocenters. The van der Waals surface area contributed by atoms with Crippen molar-refractivity contribution in [2.24, 2.45) is 0 Å². The predicted molar refractivity (Wildman–Crippen MR) is 102 cm³/mol. The fourth-order valence-electron chi connectivity index (χ4n) is 3.60. The van der Waals surface area contributed by atoms with Gasteiger partial charge in [0.1, 0.15) is 17.3 Å². The van der Waals surface area contributed by atoms with Crippen molar-refractivity contribution in [1.29, 1.82) is 0 Å². The quantitative estimate of drug-likeness (QED) is 0.694. The highest BCUT2D eigenvalue weighted by Gasteiger charge is 2.30. The molecule has 0 radical (unpaired) electrons. The molecule has 2 aliphatic rings. The zero-order valence-electron chi connectivity index (χ0n) is 15.8. The van der Waals surface area contributed by atoms with Gasteiger partial charge in [0.15, 0.2) is 5.82 Å². The van der Waals surface area contributed by atoms with Crippen molar-refractivity contribution in [1.82, 2.24) is 29.4 Å². The Balaban J connectivity index is 1.31. The van der Waals surface area contributed by atoms with Crippen LogP contribution in [0.25, 0.3) is 5.69 Å². The van der Waals surface area contributed by atoms with Crippen LogP contribution in [-0.4, -0.2) is 55.6 Å². The zero-order valence-corrected chi connectivity index (χ0v) is 15.8. The molecule has 0 bridgehead atoms. The minimum absolute atomic E-state index is 0.0192.